The number of non-ortho nitro benzene ring substituents is 1. The van der Waals surface area contributed by atoms with Gasteiger partial charge in [-0.3, -0.25) is 10.1 Å². The van der Waals surface area contributed by atoms with Crippen LogP contribution in [0.25, 0.3) is 0 Å². The maximum Gasteiger partial charge on any atom is 0.283 e. The molecular weight excluding hydrogens is 592 g/mol. The van der Waals surface area contributed by atoms with Crippen molar-refractivity contribution in [3.05, 3.63) is 69.3 Å². The van der Waals surface area contributed by atoms with E-state index >= 15 is 0 Å². The molecule has 6 atom stereocenters. The summed E-state index contributed by atoms with van der Waals surface area (Å²) in [5.41, 5.74) is 13.8. The van der Waals surface area contributed by atoms with Gasteiger partial charge in [-0.1, -0.05) is 0 Å². The van der Waals surface area contributed by atoms with E-state index in [0.29, 0.717) is 31.7 Å². The number of nitrogens with zero attached hydrogens (tertiary/aromatic N) is 3. The van der Waals surface area contributed by atoms with Crippen LogP contribution >= 0.6 is 0 Å². The van der Waals surface area contributed by atoms with E-state index in [1.807, 2.05) is 0 Å². The molecule has 2 fully saturated rings. The van der Waals surface area contributed by atoms with E-state index in [-0.39, 0.29) is 48.2 Å². The number of anilines is 1. The second kappa shape index (κ2) is 12.4. The van der Waals surface area contributed by atoms with Gasteiger partial charge in [0.1, 0.15) is 48.3 Å². The molecule has 44 heavy (non-hydrogen) atoms. The summed E-state index contributed by atoms with van der Waals surface area (Å²) in [6.07, 6.45) is 0.203. The Morgan fingerprint density at radius 3 is 1.77 bits per heavy atom. The van der Waals surface area contributed by atoms with E-state index < -0.39 is 58.9 Å². The molecule has 0 radical (unpaired) electrons. The third-order valence-electron chi connectivity index (χ3n) is 8.47. The molecule has 4 heterocycles. The monoisotopic (exact) mass is 624 g/mol. The number of alkyl halides is 2. The van der Waals surface area contributed by atoms with Crippen LogP contribution in [-0.4, -0.2) is 69.0 Å². The summed E-state index contributed by atoms with van der Waals surface area (Å²) in [6, 6.07) is 6.62. The van der Waals surface area contributed by atoms with Crippen molar-refractivity contribution in [3.63, 3.8) is 0 Å². The standard InChI is InChI=1S/C14H15F2N3O4.C14H17F2N3O2/c15-7-14(9-5-8(19(20)21)1-2-11(9)16)10-6-22-4-3-12(10)23-13(17)18-14;15-7-14(9-5-8(17)1-2-11(9)16)10-6-20-4-3-12(10)21-13(18)19-14/h1-2,5,10,12H,3-4,6-7H2,(H2,17,18);1-2,5,10,12H,3-4,6-7,17H2,(H2,18,19)/t2*10-,12+,14+/m00/s1. The first-order valence-electron chi connectivity index (χ1n) is 13.9. The van der Waals surface area contributed by atoms with Crippen molar-refractivity contribution in [1.82, 2.24) is 0 Å². The summed E-state index contributed by atoms with van der Waals surface area (Å²) < 4.78 is 78.3. The Bertz CT molecular complexity index is 1470. The molecule has 4 aliphatic rings. The highest BCUT2D eigenvalue weighted by Gasteiger charge is 2.53. The Kier molecular flexibility index (Phi) is 8.83. The van der Waals surface area contributed by atoms with Crippen LogP contribution in [0.3, 0.4) is 0 Å². The van der Waals surface area contributed by atoms with Gasteiger partial charge in [-0.05, 0) is 24.3 Å². The lowest BCUT2D eigenvalue weighted by molar-refractivity contribution is -0.385. The van der Waals surface area contributed by atoms with Gasteiger partial charge < -0.3 is 36.1 Å². The van der Waals surface area contributed by atoms with Crippen molar-refractivity contribution in [2.24, 2.45) is 33.3 Å². The van der Waals surface area contributed by atoms with Gasteiger partial charge >= 0.3 is 0 Å². The van der Waals surface area contributed by atoms with Crippen LogP contribution in [0.5, 0.6) is 0 Å². The van der Waals surface area contributed by atoms with Crippen molar-refractivity contribution in [3.8, 4) is 0 Å². The van der Waals surface area contributed by atoms with Crippen LogP contribution < -0.4 is 17.2 Å². The number of fused-ring (bicyclic) bond motifs is 2. The molecule has 0 aromatic heterocycles. The summed E-state index contributed by atoms with van der Waals surface area (Å²) >= 11 is 0. The molecule has 0 unspecified atom stereocenters. The average molecular weight is 625 g/mol. The van der Waals surface area contributed by atoms with Gasteiger partial charge in [0.15, 0.2) is 0 Å². The zero-order valence-electron chi connectivity index (χ0n) is 23.5. The van der Waals surface area contributed by atoms with Crippen molar-refractivity contribution < 1.29 is 41.4 Å². The van der Waals surface area contributed by atoms with Gasteiger partial charge in [0.05, 0.1) is 43.2 Å². The molecule has 2 saturated heterocycles. The molecule has 238 valence electrons. The van der Waals surface area contributed by atoms with E-state index in [9.17, 15) is 27.7 Å². The van der Waals surface area contributed by atoms with Crippen LogP contribution in [0.4, 0.5) is 28.9 Å². The fraction of sp³-hybridized carbons (Fsp3) is 0.500. The second-order valence-electron chi connectivity index (χ2n) is 10.9. The summed E-state index contributed by atoms with van der Waals surface area (Å²) in [5.74, 6) is -2.41. The number of halogens is 4. The smallest absolute Gasteiger partial charge is 0.283 e. The Labute approximate surface area is 249 Å². The zero-order chi connectivity index (χ0) is 31.6. The summed E-state index contributed by atoms with van der Waals surface area (Å²) in [7, 11) is 0. The predicted octanol–water partition coefficient (Wildman–Crippen LogP) is 2.97. The number of rotatable bonds is 5. The third-order valence-corrected chi connectivity index (χ3v) is 8.47. The highest BCUT2D eigenvalue weighted by atomic mass is 19.1. The van der Waals surface area contributed by atoms with Gasteiger partial charge in [0, 0.05) is 41.8 Å². The molecule has 6 rings (SSSR count). The van der Waals surface area contributed by atoms with Crippen LogP contribution in [0, 0.1) is 33.6 Å². The van der Waals surface area contributed by atoms with Crippen molar-refractivity contribution in [1.29, 1.82) is 0 Å². The second-order valence-corrected chi connectivity index (χ2v) is 10.9. The molecule has 6 N–H and O–H groups in total. The van der Waals surface area contributed by atoms with Crippen molar-refractivity contribution in [2.75, 3.05) is 45.5 Å². The highest BCUT2D eigenvalue weighted by molar-refractivity contribution is 5.74. The van der Waals surface area contributed by atoms with E-state index in [4.69, 9.17) is 36.1 Å². The number of nitro groups is 1. The maximum absolute atomic E-state index is 14.4. The minimum atomic E-state index is -1.69. The zero-order valence-corrected chi connectivity index (χ0v) is 23.5. The van der Waals surface area contributed by atoms with Crippen LogP contribution in [0.1, 0.15) is 24.0 Å². The number of benzene rings is 2. The van der Waals surface area contributed by atoms with Crippen LogP contribution in [0.15, 0.2) is 46.4 Å². The third kappa shape index (κ3) is 5.58. The molecular formula is C28H32F4N6O6. The SMILES string of the molecule is NC1=N[C@](CF)(c2cc(N)ccc2F)[C@H]2COCC[C@H]2O1.NC1=N[C@](CF)(c2cc([N+](=O)[O-])ccc2F)[C@H]2COCC[C@H]2O1. The van der Waals surface area contributed by atoms with Gasteiger partial charge in [0.25, 0.3) is 17.7 Å². The maximum atomic E-state index is 14.4. The van der Waals surface area contributed by atoms with E-state index in [0.717, 1.165) is 18.2 Å². The summed E-state index contributed by atoms with van der Waals surface area (Å²) in [4.78, 5) is 18.4. The molecule has 0 amide bonds. The number of ether oxygens (including phenoxy) is 4. The van der Waals surface area contributed by atoms with Gasteiger partial charge in [-0.2, -0.15) is 0 Å². The quantitative estimate of drug-likeness (QED) is 0.195. The Hall–Kier alpha value is -4.18. The average Bonchev–Trinajstić information content (AvgIpc) is 3.01. The Morgan fingerprint density at radius 2 is 1.30 bits per heavy atom. The molecule has 0 spiro atoms. The largest absolute Gasteiger partial charge is 0.462 e. The molecule has 0 bridgehead atoms. The Morgan fingerprint density at radius 1 is 0.818 bits per heavy atom. The number of hydrogen-bond acceptors (Lipinski definition) is 11. The van der Waals surface area contributed by atoms with Crippen molar-refractivity contribution in [2.45, 2.75) is 36.1 Å². The number of hydrogen-bond donors (Lipinski definition) is 3. The highest BCUT2D eigenvalue weighted by Crippen LogP contribution is 2.46. The molecule has 0 saturated carbocycles. The fourth-order valence-electron chi connectivity index (χ4n) is 6.29. The van der Waals surface area contributed by atoms with Gasteiger partial charge in [-0.25, -0.2) is 27.5 Å². The predicted molar refractivity (Wildman–Crippen MR) is 150 cm³/mol. The van der Waals surface area contributed by atoms with E-state index in [2.05, 4.69) is 9.98 Å². The molecule has 12 nitrogen and oxygen atoms in total. The first-order chi connectivity index (χ1) is 21.0. The van der Waals surface area contributed by atoms with E-state index in [1.54, 1.807) is 0 Å². The first-order valence-corrected chi connectivity index (χ1v) is 13.9. The number of nitrogens with two attached hydrogens (primary N) is 3. The first kappa shape index (κ1) is 31.3. The van der Waals surface area contributed by atoms with Crippen LogP contribution in [0.2, 0.25) is 0 Å². The summed E-state index contributed by atoms with van der Waals surface area (Å²) in [6.45, 7) is -0.723. The molecule has 4 aliphatic heterocycles. The molecule has 16 heteroatoms. The van der Waals surface area contributed by atoms with Crippen molar-refractivity contribution >= 4 is 23.4 Å². The number of nitrogen functional groups attached to an aromatic ring is 1. The van der Waals surface area contributed by atoms with E-state index in [1.165, 1.54) is 18.2 Å². The lowest BCUT2D eigenvalue weighted by atomic mass is 9.74. The molecule has 0 aliphatic carbocycles. The molecule has 2 aromatic rings. The molecule has 2 aromatic carbocycles. The normalized spacial score (nSPS) is 31.0. The van der Waals surface area contributed by atoms with Gasteiger partial charge in [0.2, 0.25) is 0 Å². The van der Waals surface area contributed by atoms with Gasteiger partial charge in [-0.15, -0.1) is 0 Å². The number of aliphatic imine (C=N–C) groups is 2. The number of nitro benzene ring substituents is 1. The lowest BCUT2D eigenvalue weighted by Crippen LogP contribution is -2.54. The topological polar surface area (TPSA) is 183 Å². The lowest BCUT2D eigenvalue weighted by Gasteiger charge is -2.45. The summed E-state index contributed by atoms with van der Waals surface area (Å²) in [5, 5.41) is 11.0. The Balaban J connectivity index is 0.000000175. The minimum Gasteiger partial charge on any atom is -0.462 e. The minimum absolute atomic E-state index is 0.0942. The van der Waals surface area contributed by atoms with Crippen LogP contribution in [-0.2, 0) is 30.0 Å². The number of amidine groups is 2. The fourth-order valence-corrected chi connectivity index (χ4v) is 6.29.